The molecule has 2 N–H and O–H groups in total. The number of para-hydroxylation sites is 2. The zero-order valence-corrected chi connectivity index (χ0v) is 12.4. The molecule has 22 heavy (non-hydrogen) atoms. The first kappa shape index (κ1) is 12.8. The number of rotatable bonds is 3. The Balaban J connectivity index is 1.96. The molecule has 2 heterocycles. The molecule has 0 saturated heterocycles. The number of nitrogens with one attached hydrogen (secondary N) is 2. The smallest absolute Gasteiger partial charge is 0.142 e. The van der Waals surface area contributed by atoms with Gasteiger partial charge in [-0.1, -0.05) is 24.3 Å². The van der Waals surface area contributed by atoms with Crippen LogP contribution in [0.15, 0.2) is 48.7 Å². The minimum atomic E-state index is 0.845. The number of benzene rings is 2. The van der Waals surface area contributed by atoms with Crippen molar-refractivity contribution in [3.63, 3.8) is 0 Å². The van der Waals surface area contributed by atoms with Crippen LogP contribution in [0.1, 0.15) is 0 Å². The highest BCUT2D eigenvalue weighted by molar-refractivity contribution is 6.00. The summed E-state index contributed by atoms with van der Waals surface area (Å²) < 4.78 is 10.8. The monoisotopic (exact) mass is 292 g/mol. The van der Waals surface area contributed by atoms with Gasteiger partial charge in [-0.25, -0.2) is 0 Å². The molecule has 2 aromatic carbocycles. The van der Waals surface area contributed by atoms with Gasteiger partial charge in [0.05, 0.1) is 25.3 Å². The van der Waals surface area contributed by atoms with Crippen LogP contribution in [0.5, 0.6) is 11.5 Å². The van der Waals surface area contributed by atoms with Gasteiger partial charge in [0.2, 0.25) is 0 Å². The Hall–Kier alpha value is -2.88. The highest BCUT2D eigenvalue weighted by Crippen LogP contribution is 2.35. The minimum absolute atomic E-state index is 0.845. The molecule has 2 aromatic heterocycles. The highest BCUT2D eigenvalue weighted by atomic mass is 16.5. The van der Waals surface area contributed by atoms with Gasteiger partial charge in [-0.15, -0.1) is 0 Å². The van der Waals surface area contributed by atoms with Gasteiger partial charge in [-0.05, 0) is 18.2 Å². The number of hydrogen-bond donors (Lipinski definition) is 2. The summed E-state index contributed by atoms with van der Waals surface area (Å²) in [4.78, 5) is 6.76. The molecule has 0 saturated carbocycles. The van der Waals surface area contributed by atoms with Crippen molar-refractivity contribution in [2.75, 3.05) is 14.2 Å². The third-order valence-corrected chi connectivity index (χ3v) is 4.03. The lowest BCUT2D eigenvalue weighted by Gasteiger charge is -2.01. The second kappa shape index (κ2) is 4.84. The van der Waals surface area contributed by atoms with E-state index in [1.165, 1.54) is 0 Å². The van der Waals surface area contributed by atoms with Crippen molar-refractivity contribution >= 4 is 21.8 Å². The number of fused-ring (bicyclic) bond motifs is 2. The van der Waals surface area contributed by atoms with E-state index >= 15 is 0 Å². The Morgan fingerprint density at radius 1 is 0.864 bits per heavy atom. The van der Waals surface area contributed by atoms with Gasteiger partial charge < -0.3 is 19.4 Å². The molecule has 4 heteroatoms. The van der Waals surface area contributed by atoms with E-state index in [1.807, 2.05) is 30.5 Å². The van der Waals surface area contributed by atoms with E-state index in [0.29, 0.717) is 0 Å². The number of aromatic amines is 2. The maximum Gasteiger partial charge on any atom is 0.142 e. The van der Waals surface area contributed by atoms with Crippen LogP contribution in [0.3, 0.4) is 0 Å². The standard InChI is InChI=1S/C18H16N2O2/c1-21-15-7-3-5-11-9-14(20-17(11)15)13-10-19-18-12(13)6-4-8-16(18)22-2/h3-10,19-20H,1-2H3. The molecule has 4 nitrogen and oxygen atoms in total. The molecule has 0 atom stereocenters. The first-order valence-corrected chi connectivity index (χ1v) is 7.12. The predicted octanol–water partition coefficient (Wildman–Crippen LogP) is 4.33. The van der Waals surface area contributed by atoms with E-state index in [9.17, 15) is 0 Å². The van der Waals surface area contributed by atoms with Crippen LogP contribution in [-0.4, -0.2) is 24.2 Å². The maximum atomic E-state index is 5.42. The van der Waals surface area contributed by atoms with E-state index < -0.39 is 0 Å². The van der Waals surface area contributed by atoms with Crippen molar-refractivity contribution in [3.05, 3.63) is 48.7 Å². The molecule has 110 valence electrons. The average Bonchev–Trinajstić information content (AvgIpc) is 3.17. The van der Waals surface area contributed by atoms with Crippen LogP contribution >= 0.6 is 0 Å². The quantitative estimate of drug-likeness (QED) is 0.590. The lowest BCUT2D eigenvalue weighted by atomic mass is 10.1. The minimum Gasteiger partial charge on any atom is -0.495 e. The lowest BCUT2D eigenvalue weighted by Crippen LogP contribution is -1.84. The third-order valence-electron chi connectivity index (χ3n) is 4.03. The van der Waals surface area contributed by atoms with Gasteiger partial charge in [-0.3, -0.25) is 0 Å². The summed E-state index contributed by atoms with van der Waals surface area (Å²) >= 11 is 0. The summed E-state index contributed by atoms with van der Waals surface area (Å²) in [5.74, 6) is 1.69. The van der Waals surface area contributed by atoms with Crippen LogP contribution in [0.2, 0.25) is 0 Å². The first-order valence-electron chi connectivity index (χ1n) is 7.12. The zero-order valence-electron chi connectivity index (χ0n) is 12.4. The van der Waals surface area contributed by atoms with Gasteiger partial charge >= 0.3 is 0 Å². The Morgan fingerprint density at radius 2 is 1.59 bits per heavy atom. The number of ether oxygens (including phenoxy) is 2. The van der Waals surface area contributed by atoms with Crippen molar-refractivity contribution in [3.8, 4) is 22.8 Å². The molecule has 0 spiro atoms. The van der Waals surface area contributed by atoms with Crippen LogP contribution in [-0.2, 0) is 0 Å². The van der Waals surface area contributed by atoms with E-state index in [-0.39, 0.29) is 0 Å². The molecule has 0 aliphatic rings. The van der Waals surface area contributed by atoms with E-state index in [0.717, 1.165) is 44.6 Å². The Labute approximate surface area is 127 Å². The fraction of sp³-hybridized carbons (Fsp3) is 0.111. The molecule has 4 rings (SSSR count). The van der Waals surface area contributed by atoms with Crippen LogP contribution in [0, 0.1) is 0 Å². The summed E-state index contributed by atoms with van der Waals surface area (Å²) in [5, 5.41) is 2.26. The highest BCUT2D eigenvalue weighted by Gasteiger charge is 2.12. The summed E-state index contributed by atoms with van der Waals surface area (Å²) in [5.41, 5.74) is 4.19. The second-order valence-electron chi connectivity index (χ2n) is 5.19. The van der Waals surface area contributed by atoms with Gasteiger partial charge in [0, 0.05) is 28.2 Å². The molecule has 0 unspecified atom stereocenters. The van der Waals surface area contributed by atoms with Crippen LogP contribution < -0.4 is 9.47 Å². The number of aromatic nitrogens is 2. The molecule has 0 fully saturated rings. The fourth-order valence-corrected chi connectivity index (χ4v) is 2.96. The van der Waals surface area contributed by atoms with Crippen molar-refractivity contribution in [1.82, 2.24) is 9.97 Å². The molecule has 0 radical (unpaired) electrons. The second-order valence-corrected chi connectivity index (χ2v) is 5.19. The van der Waals surface area contributed by atoms with E-state index in [1.54, 1.807) is 14.2 Å². The molecule has 0 aliphatic carbocycles. The topological polar surface area (TPSA) is 50.0 Å². The van der Waals surface area contributed by atoms with E-state index in [2.05, 4.69) is 28.2 Å². The summed E-state index contributed by atoms with van der Waals surface area (Å²) in [7, 11) is 3.37. The van der Waals surface area contributed by atoms with Gasteiger partial charge in [-0.2, -0.15) is 0 Å². The van der Waals surface area contributed by atoms with Gasteiger partial charge in [0.15, 0.2) is 0 Å². The van der Waals surface area contributed by atoms with Crippen molar-refractivity contribution in [1.29, 1.82) is 0 Å². The van der Waals surface area contributed by atoms with Crippen molar-refractivity contribution in [2.45, 2.75) is 0 Å². The molecular weight excluding hydrogens is 276 g/mol. The lowest BCUT2D eigenvalue weighted by molar-refractivity contribution is 0.419. The molecular formula is C18H16N2O2. The third kappa shape index (κ3) is 1.77. The van der Waals surface area contributed by atoms with E-state index in [4.69, 9.17) is 9.47 Å². The van der Waals surface area contributed by atoms with Crippen molar-refractivity contribution in [2.24, 2.45) is 0 Å². The summed E-state index contributed by atoms with van der Waals surface area (Å²) in [6.45, 7) is 0. The normalized spacial score (nSPS) is 11.2. The van der Waals surface area contributed by atoms with Gasteiger partial charge in [0.1, 0.15) is 11.5 Å². The molecule has 0 bridgehead atoms. The summed E-state index contributed by atoms with van der Waals surface area (Å²) in [6, 6.07) is 14.2. The first-order chi connectivity index (χ1) is 10.8. The van der Waals surface area contributed by atoms with Crippen LogP contribution in [0.25, 0.3) is 33.1 Å². The molecule has 0 amide bonds. The Bertz CT molecular complexity index is 966. The number of hydrogen-bond acceptors (Lipinski definition) is 2. The maximum absolute atomic E-state index is 5.42. The SMILES string of the molecule is COc1cccc2cc(-c3c[nH]c4c(OC)cccc34)[nH]c12. The summed E-state index contributed by atoms with van der Waals surface area (Å²) in [6.07, 6.45) is 2.00. The zero-order chi connectivity index (χ0) is 15.1. The Kier molecular flexibility index (Phi) is 2.82. The largest absolute Gasteiger partial charge is 0.495 e. The number of H-pyrrole nitrogens is 2. The van der Waals surface area contributed by atoms with Crippen molar-refractivity contribution < 1.29 is 9.47 Å². The molecule has 4 aromatic rings. The van der Waals surface area contributed by atoms with Crippen LogP contribution in [0.4, 0.5) is 0 Å². The fourth-order valence-electron chi connectivity index (χ4n) is 2.96. The molecule has 0 aliphatic heterocycles. The predicted molar refractivity (Wildman–Crippen MR) is 88.7 cm³/mol. The average molecular weight is 292 g/mol. The Morgan fingerprint density at radius 3 is 2.36 bits per heavy atom. The number of methoxy groups -OCH3 is 2. The van der Waals surface area contributed by atoms with Gasteiger partial charge in [0.25, 0.3) is 0 Å².